The van der Waals surface area contributed by atoms with Crippen LogP contribution in [0.15, 0.2) is 40.9 Å². The highest BCUT2D eigenvalue weighted by atomic mass is 79.9. The first-order chi connectivity index (χ1) is 13.7. The molecule has 0 radical (unpaired) electrons. The van der Waals surface area contributed by atoms with E-state index in [4.69, 9.17) is 27.9 Å². The van der Waals surface area contributed by atoms with E-state index in [-0.39, 0.29) is 18.9 Å². The first kappa shape index (κ1) is 21.6. The quantitative estimate of drug-likeness (QED) is 0.610. The van der Waals surface area contributed by atoms with Gasteiger partial charge in [-0.2, -0.15) is 0 Å². The van der Waals surface area contributed by atoms with Gasteiger partial charge in [-0.25, -0.2) is 0 Å². The molecule has 0 saturated carbocycles. The van der Waals surface area contributed by atoms with E-state index in [2.05, 4.69) is 21.2 Å². The van der Waals surface area contributed by atoms with Gasteiger partial charge in [-0.05, 0) is 48.9 Å². The third-order valence-electron chi connectivity index (χ3n) is 4.44. The van der Waals surface area contributed by atoms with Gasteiger partial charge < -0.3 is 15.0 Å². The number of anilines is 2. The van der Waals surface area contributed by atoms with Crippen LogP contribution in [-0.2, 0) is 19.1 Å². The van der Waals surface area contributed by atoms with E-state index in [0.29, 0.717) is 21.4 Å². The van der Waals surface area contributed by atoms with Crippen LogP contribution in [0, 0.1) is 12.8 Å². The number of rotatable bonds is 5. The summed E-state index contributed by atoms with van der Waals surface area (Å²) < 4.78 is 6.03. The Morgan fingerprint density at radius 1 is 1.24 bits per heavy atom. The molecule has 1 aliphatic rings. The Kier molecular flexibility index (Phi) is 6.82. The Hall–Kier alpha value is -2.09. The maximum Gasteiger partial charge on any atom is 0.311 e. The Morgan fingerprint density at radius 2 is 2.00 bits per heavy atom. The fraction of sp³-hybridized carbons (Fsp3) is 0.250. The van der Waals surface area contributed by atoms with Gasteiger partial charge in [-0.3, -0.25) is 14.4 Å². The third-order valence-corrected chi connectivity index (χ3v) is 5.89. The average molecular weight is 500 g/mol. The molecule has 6 nitrogen and oxygen atoms in total. The fourth-order valence-corrected chi connectivity index (χ4v) is 3.60. The van der Waals surface area contributed by atoms with Crippen LogP contribution in [0.3, 0.4) is 0 Å². The van der Waals surface area contributed by atoms with Crippen LogP contribution in [0.2, 0.25) is 10.0 Å². The number of aryl methyl sites for hydroxylation is 1. The molecule has 3 rings (SSSR count). The summed E-state index contributed by atoms with van der Waals surface area (Å²) in [7, 11) is 0. The predicted octanol–water partition coefficient (Wildman–Crippen LogP) is 4.60. The molecule has 1 N–H and O–H groups in total. The van der Waals surface area contributed by atoms with Crippen LogP contribution in [0.1, 0.15) is 12.0 Å². The summed E-state index contributed by atoms with van der Waals surface area (Å²) in [6.07, 6.45) is -0.0186. The molecule has 0 unspecified atom stereocenters. The number of benzene rings is 2. The summed E-state index contributed by atoms with van der Waals surface area (Å²) in [6, 6.07) is 10.1. The predicted molar refractivity (Wildman–Crippen MR) is 115 cm³/mol. The molecule has 0 spiro atoms. The first-order valence-electron chi connectivity index (χ1n) is 8.72. The Morgan fingerprint density at radius 3 is 2.72 bits per heavy atom. The van der Waals surface area contributed by atoms with Gasteiger partial charge in [-0.1, -0.05) is 39.1 Å². The second-order valence-corrected chi connectivity index (χ2v) is 8.32. The number of carbonyl (C=O) groups is 3. The minimum absolute atomic E-state index is 0.0186. The second-order valence-electron chi connectivity index (χ2n) is 6.62. The Balaban J connectivity index is 1.56. The highest BCUT2D eigenvalue weighted by Crippen LogP contribution is 2.33. The van der Waals surface area contributed by atoms with Crippen molar-refractivity contribution < 1.29 is 19.1 Å². The van der Waals surface area contributed by atoms with Gasteiger partial charge in [0.2, 0.25) is 5.91 Å². The molecule has 1 saturated heterocycles. The van der Waals surface area contributed by atoms with Gasteiger partial charge >= 0.3 is 5.97 Å². The van der Waals surface area contributed by atoms with E-state index in [0.717, 1.165) is 10.0 Å². The van der Waals surface area contributed by atoms with Crippen LogP contribution < -0.4 is 10.2 Å². The van der Waals surface area contributed by atoms with Gasteiger partial charge in [-0.15, -0.1) is 0 Å². The lowest BCUT2D eigenvalue weighted by Gasteiger charge is -2.18. The minimum Gasteiger partial charge on any atom is -0.455 e. The van der Waals surface area contributed by atoms with Crippen molar-refractivity contribution in [3.8, 4) is 0 Å². The number of nitrogens with one attached hydrogen (secondary N) is 1. The molecule has 1 heterocycles. The summed E-state index contributed by atoms with van der Waals surface area (Å²) in [5, 5.41) is 3.46. The topological polar surface area (TPSA) is 75.7 Å². The van der Waals surface area contributed by atoms with Gasteiger partial charge in [0.05, 0.1) is 16.6 Å². The van der Waals surface area contributed by atoms with Crippen molar-refractivity contribution in [2.45, 2.75) is 13.3 Å². The molecule has 2 aromatic carbocycles. The van der Waals surface area contributed by atoms with E-state index in [1.807, 2.05) is 13.0 Å². The highest BCUT2D eigenvalue weighted by molar-refractivity contribution is 9.10. The standard InChI is InChI=1S/C20H17BrCl2N2O4/c1-11-6-14(3-4-15(11)21)24-18(26)10-29-20(28)12-7-19(27)25(9-12)17-8-13(22)2-5-16(17)23/h2-6,8,12H,7,9-10H2,1H3,(H,24,26)/t12-/m0/s1. The fourth-order valence-electron chi connectivity index (χ4n) is 2.97. The molecule has 1 atom stereocenters. The zero-order valence-electron chi connectivity index (χ0n) is 15.4. The summed E-state index contributed by atoms with van der Waals surface area (Å²) in [4.78, 5) is 38.1. The van der Waals surface area contributed by atoms with E-state index < -0.39 is 24.4 Å². The van der Waals surface area contributed by atoms with Crippen LogP contribution in [0.5, 0.6) is 0 Å². The van der Waals surface area contributed by atoms with Crippen molar-refractivity contribution >= 4 is 68.3 Å². The zero-order valence-corrected chi connectivity index (χ0v) is 18.5. The number of nitrogens with zero attached hydrogens (tertiary/aromatic N) is 1. The summed E-state index contributed by atoms with van der Waals surface area (Å²) in [6.45, 7) is 1.58. The number of hydrogen-bond donors (Lipinski definition) is 1. The van der Waals surface area contributed by atoms with Crippen LogP contribution in [0.4, 0.5) is 11.4 Å². The smallest absolute Gasteiger partial charge is 0.311 e. The number of esters is 1. The normalized spacial score (nSPS) is 16.1. The molecule has 2 amide bonds. The molecule has 1 fully saturated rings. The van der Waals surface area contributed by atoms with Gasteiger partial charge in [0, 0.05) is 28.1 Å². The molecular formula is C20H17BrCl2N2O4. The average Bonchev–Trinajstić information content (AvgIpc) is 3.06. The summed E-state index contributed by atoms with van der Waals surface area (Å²) in [5.41, 5.74) is 2.01. The van der Waals surface area contributed by atoms with Crippen molar-refractivity contribution in [3.63, 3.8) is 0 Å². The van der Waals surface area contributed by atoms with Crippen molar-refractivity contribution in [2.24, 2.45) is 5.92 Å². The Labute approximate surface area is 186 Å². The lowest BCUT2D eigenvalue weighted by Crippen LogP contribution is -2.28. The second kappa shape index (κ2) is 9.15. The van der Waals surface area contributed by atoms with Gasteiger partial charge in [0.25, 0.3) is 5.91 Å². The lowest BCUT2D eigenvalue weighted by atomic mass is 10.1. The van der Waals surface area contributed by atoms with Crippen molar-refractivity contribution in [1.29, 1.82) is 0 Å². The van der Waals surface area contributed by atoms with Gasteiger partial charge in [0.15, 0.2) is 6.61 Å². The third kappa shape index (κ3) is 5.29. The molecule has 1 aliphatic heterocycles. The van der Waals surface area contributed by atoms with E-state index in [1.165, 1.54) is 4.90 Å². The maximum atomic E-state index is 12.3. The molecule has 0 aromatic heterocycles. The number of hydrogen-bond acceptors (Lipinski definition) is 4. The van der Waals surface area contributed by atoms with E-state index in [9.17, 15) is 14.4 Å². The highest BCUT2D eigenvalue weighted by Gasteiger charge is 2.37. The largest absolute Gasteiger partial charge is 0.455 e. The molecular weight excluding hydrogens is 483 g/mol. The summed E-state index contributed by atoms with van der Waals surface area (Å²) >= 11 is 15.5. The van der Waals surface area contributed by atoms with Crippen LogP contribution in [0.25, 0.3) is 0 Å². The van der Waals surface area contributed by atoms with Gasteiger partial charge in [0.1, 0.15) is 0 Å². The number of amides is 2. The number of halogens is 3. The SMILES string of the molecule is Cc1cc(NC(=O)COC(=O)[C@H]2CC(=O)N(c3cc(Cl)ccc3Cl)C2)ccc1Br. The van der Waals surface area contributed by atoms with Crippen molar-refractivity contribution in [1.82, 2.24) is 0 Å². The molecule has 0 aliphatic carbocycles. The van der Waals surface area contributed by atoms with E-state index in [1.54, 1.807) is 30.3 Å². The first-order valence-corrected chi connectivity index (χ1v) is 10.3. The molecule has 29 heavy (non-hydrogen) atoms. The number of ether oxygens (including phenoxy) is 1. The van der Waals surface area contributed by atoms with Crippen molar-refractivity contribution in [3.05, 3.63) is 56.5 Å². The lowest BCUT2D eigenvalue weighted by molar-refractivity contribution is -0.151. The summed E-state index contributed by atoms with van der Waals surface area (Å²) in [5.74, 6) is -2.01. The van der Waals surface area contributed by atoms with Crippen molar-refractivity contribution in [2.75, 3.05) is 23.4 Å². The molecule has 2 aromatic rings. The van der Waals surface area contributed by atoms with Crippen LogP contribution in [-0.4, -0.2) is 30.9 Å². The zero-order chi connectivity index (χ0) is 21.1. The molecule has 152 valence electrons. The minimum atomic E-state index is -0.680. The molecule has 0 bridgehead atoms. The molecule has 9 heteroatoms. The number of carbonyl (C=O) groups excluding carboxylic acids is 3. The Bertz CT molecular complexity index is 983. The van der Waals surface area contributed by atoms with Crippen LogP contribution >= 0.6 is 39.1 Å². The maximum absolute atomic E-state index is 12.3. The monoisotopic (exact) mass is 498 g/mol. The van der Waals surface area contributed by atoms with E-state index >= 15 is 0 Å².